The lowest BCUT2D eigenvalue weighted by atomic mass is 9.96. The lowest BCUT2D eigenvalue weighted by Crippen LogP contribution is -2.32. The third-order valence-corrected chi connectivity index (χ3v) is 3.61. The van der Waals surface area contributed by atoms with Crippen molar-refractivity contribution in [2.75, 3.05) is 6.54 Å². The molecule has 1 amide bonds. The quantitative estimate of drug-likeness (QED) is 0.732. The first kappa shape index (κ1) is 15.4. The maximum atomic E-state index is 12.6. The van der Waals surface area contributed by atoms with E-state index in [1.807, 2.05) is 0 Å². The lowest BCUT2D eigenvalue weighted by molar-refractivity contribution is -0.137. The molecule has 120 valence electrons. The number of amides is 1. The molecular weight excluding hydrogens is 312 g/mol. The van der Waals surface area contributed by atoms with E-state index in [9.17, 15) is 19.5 Å². The molecule has 3 N–H and O–H groups in total. The Morgan fingerprint density at radius 2 is 1.88 bits per heavy atom. The predicted octanol–water partition coefficient (Wildman–Crippen LogP) is 1.41. The molecule has 3 rings (SSSR count). The van der Waals surface area contributed by atoms with Gasteiger partial charge < -0.3 is 15.5 Å². The maximum absolute atomic E-state index is 12.6. The van der Waals surface area contributed by atoms with Crippen LogP contribution >= 0.6 is 0 Å². The average molecular weight is 324 g/mol. The minimum Gasteiger partial charge on any atom is -0.506 e. The number of carbonyl (C=O) groups excluding carboxylic acids is 2. The van der Waals surface area contributed by atoms with Gasteiger partial charge in [0.05, 0.1) is 0 Å². The van der Waals surface area contributed by atoms with Crippen LogP contribution in [-0.2, 0) is 9.59 Å². The van der Waals surface area contributed by atoms with E-state index in [-0.39, 0.29) is 11.1 Å². The molecular formula is C17H12N2O5. The smallest absolute Gasteiger partial charge is 0.322 e. The highest BCUT2D eigenvalue weighted by Gasteiger charge is 2.36. The number of carbonyl (C=O) groups is 3. The van der Waals surface area contributed by atoms with Crippen LogP contribution in [0.5, 0.6) is 0 Å². The van der Waals surface area contributed by atoms with E-state index in [4.69, 9.17) is 5.11 Å². The van der Waals surface area contributed by atoms with Crippen LogP contribution in [0.2, 0.25) is 0 Å². The number of hydrogen-bond donors (Lipinski definition) is 3. The van der Waals surface area contributed by atoms with Crippen molar-refractivity contribution in [2.24, 2.45) is 0 Å². The fourth-order valence-electron chi connectivity index (χ4n) is 2.58. The zero-order chi connectivity index (χ0) is 17.3. The Morgan fingerprint density at radius 3 is 2.54 bits per heavy atom. The largest absolute Gasteiger partial charge is 0.506 e. The van der Waals surface area contributed by atoms with Gasteiger partial charge >= 0.3 is 5.97 Å². The van der Waals surface area contributed by atoms with Gasteiger partial charge in [-0.05, 0) is 11.6 Å². The fourth-order valence-corrected chi connectivity index (χ4v) is 2.58. The zero-order valence-corrected chi connectivity index (χ0v) is 12.3. The molecule has 1 aliphatic rings. The SMILES string of the molecule is O=C(O)CNC(=O)C1=C(O)c2cccc(-c3cccnc3)c2C1=O. The molecule has 0 saturated heterocycles. The fraction of sp³-hybridized carbons (Fsp3) is 0.0588. The second kappa shape index (κ2) is 5.96. The summed E-state index contributed by atoms with van der Waals surface area (Å²) >= 11 is 0. The van der Waals surface area contributed by atoms with Crippen molar-refractivity contribution in [3.05, 3.63) is 59.4 Å². The monoisotopic (exact) mass is 324 g/mol. The number of Topliss-reactive ketones (excluding diaryl/α,β-unsaturated/α-hetero) is 1. The number of carboxylic acids is 1. The summed E-state index contributed by atoms with van der Waals surface area (Å²) in [5.41, 5.74) is 1.19. The summed E-state index contributed by atoms with van der Waals surface area (Å²) in [7, 11) is 0. The zero-order valence-electron chi connectivity index (χ0n) is 12.3. The summed E-state index contributed by atoms with van der Waals surface area (Å²) in [5, 5.41) is 21.0. The van der Waals surface area contributed by atoms with Crippen LogP contribution in [0.1, 0.15) is 15.9 Å². The van der Waals surface area contributed by atoms with Gasteiger partial charge in [0.15, 0.2) is 0 Å². The normalized spacial score (nSPS) is 12.9. The van der Waals surface area contributed by atoms with E-state index in [0.29, 0.717) is 11.1 Å². The Hall–Kier alpha value is -3.48. The molecule has 0 radical (unpaired) electrons. The maximum Gasteiger partial charge on any atom is 0.322 e. The number of ketones is 1. The van der Waals surface area contributed by atoms with E-state index in [1.165, 1.54) is 6.07 Å². The van der Waals surface area contributed by atoms with Crippen molar-refractivity contribution in [3.8, 4) is 11.1 Å². The first-order valence-corrected chi connectivity index (χ1v) is 7.02. The number of aliphatic hydroxyl groups excluding tert-OH is 1. The van der Waals surface area contributed by atoms with Crippen LogP contribution < -0.4 is 5.32 Å². The van der Waals surface area contributed by atoms with Crippen molar-refractivity contribution >= 4 is 23.4 Å². The average Bonchev–Trinajstić information content (AvgIpc) is 2.85. The van der Waals surface area contributed by atoms with Gasteiger partial charge in [-0.2, -0.15) is 0 Å². The van der Waals surface area contributed by atoms with Crippen LogP contribution in [0, 0.1) is 0 Å². The highest BCUT2D eigenvalue weighted by atomic mass is 16.4. The lowest BCUT2D eigenvalue weighted by Gasteiger charge is -2.07. The summed E-state index contributed by atoms with van der Waals surface area (Å²) in [6.07, 6.45) is 3.16. The minimum absolute atomic E-state index is 0.198. The number of aliphatic hydroxyl groups is 1. The molecule has 0 spiro atoms. The summed E-state index contributed by atoms with van der Waals surface area (Å²) < 4.78 is 0. The number of rotatable bonds is 4. The second-order valence-corrected chi connectivity index (χ2v) is 5.10. The molecule has 0 atom stereocenters. The van der Waals surface area contributed by atoms with Gasteiger partial charge in [-0.15, -0.1) is 0 Å². The van der Waals surface area contributed by atoms with Crippen molar-refractivity contribution in [1.82, 2.24) is 10.3 Å². The number of fused-ring (bicyclic) bond motifs is 1. The van der Waals surface area contributed by atoms with Crippen LogP contribution in [0.3, 0.4) is 0 Å². The summed E-state index contributed by atoms with van der Waals surface area (Å²) in [6.45, 7) is -0.644. The summed E-state index contributed by atoms with van der Waals surface area (Å²) in [6, 6.07) is 8.35. The summed E-state index contributed by atoms with van der Waals surface area (Å²) in [5.74, 6) is -3.27. The Morgan fingerprint density at radius 1 is 1.12 bits per heavy atom. The van der Waals surface area contributed by atoms with Crippen molar-refractivity contribution in [2.45, 2.75) is 0 Å². The summed E-state index contributed by atoms with van der Waals surface area (Å²) in [4.78, 5) is 39.3. The van der Waals surface area contributed by atoms with Gasteiger partial charge in [0.1, 0.15) is 17.9 Å². The molecule has 0 bridgehead atoms. The van der Waals surface area contributed by atoms with Crippen molar-refractivity contribution in [1.29, 1.82) is 0 Å². The van der Waals surface area contributed by atoms with Gasteiger partial charge in [0.2, 0.25) is 5.78 Å². The Labute approximate surface area is 136 Å². The topological polar surface area (TPSA) is 117 Å². The van der Waals surface area contributed by atoms with Crippen molar-refractivity contribution < 1.29 is 24.6 Å². The number of pyridine rings is 1. The van der Waals surface area contributed by atoms with Gasteiger partial charge in [0.25, 0.3) is 5.91 Å². The molecule has 1 aromatic heterocycles. The van der Waals surface area contributed by atoms with Crippen LogP contribution in [-0.4, -0.2) is 39.4 Å². The molecule has 0 unspecified atom stereocenters. The van der Waals surface area contributed by atoms with E-state index in [1.54, 1.807) is 36.7 Å². The number of nitrogens with zero attached hydrogens (tertiary/aromatic N) is 1. The van der Waals surface area contributed by atoms with E-state index in [2.05, 4.69) is 10.3 Å². The number of hydrogen-bond acceptors (Lipinski definition) is 5. The molecule has 7 nitrogen and oxygen atoms in total. The number of nitrogens with one attached hydrogen (secondary N) is 1. The number of aromatic nitrogens is 1. The molecule has 0 saturated carbocycles. The van der Waals surface area contributed by atoms with E-state index in [0.717, 1.165) is 0 Å². The first-order valence-electron chi connectivity index (χ1n) is 7.02. The predicted molar refractivity (Wildman–Crippen MR) is 84.2 cm³/mol. The van der Waals surface area contributed by atoms with Gasteiger partial charge in [-0.1, -0.05) is 24.3 Å². The van der Waals surface area contributed by atoms with Gasteiger partial charge in [-0.3, -0.25) is 19.4 Å². The standard InChI is InChI=1S/C17H12N2O5/c20-12(21)8-19-17(24)14-15(22)11-5-1-4-10(13(11)16(14)23)9-3-2-6-18-7-9/h1-7,22H,8H2,(H,19,24)(H,20,21). The van der Waals surface area contributed by atoms with Gasteiger partial charge in [-0.25, -0.2) is 0 Å². The third kappa shape index (κ3) is 2.52. The Bertz CT molecular complexity index is 887. The molecule has 7 heteroatoms. The highest BCUT2D eigenvalue weighted by molar-refractivity contribution is 6.35. The Balaban J connectivity index is 2.04. The Kier molecular flexibility index (Phi) is 3.83. The van der Waals surface area contributed by atoms with Crippen molar-refractivity contribution in [3.63, 3.8) is 0 Å². The highest BCUT2D eigenvalue weighted by Crippen LogP contribution is 2.37. The molecule has 1 heterocycles. The van der Waals surface area contributed by atoms with Gasteiger partial charge in [0, 0.05) is 29.1 Å². The number of benzene rings is 1. The number of aliphatic carboxylic acids is 1. The third-order valence-electron chi connectivity index (χ3n) is 3.61. The molecule has 0 aliphatic heterocycles. The number of carboxylic acid groups (broad SMARTS) is 1. The van der Waals surface area contributed by atoms with Crippen LogP contribution in [0.25, 0.3) is 16.9 Å². The minimum atomic E-state index is -1.25. The van der Waals surface area contributed by atoms with E-state index < -0.39 is 35.5 Å². The molecule has 24 heavy (non-hydrogen) atoms. The molecule has 0 fully saturated rings. The first-order chi connectivity index (χ1) is 11.5. The van der Waals surface area contributed by atoms with Crippen LogP contribution in [0.4, 0.5) is 0 Å². The molecule has 2 aromatic rings. The molecule has 1 aromatic carbocycles. The van der Waals surface area contributed by atoms with Crippen LogP contribution in [0.15, 0.2) is 48.3 Å². The van der Waals surface area contributed by atoms with E-state index >= 15 is 0 Å². The second-order valence-electron chi connectivity index (χ2n) is 5.10. The molecule has 1 aliphatic carbocycles.